The Hall–Kier alpha value is -0.430. The van der Waals surface area contributed by atoms with E-state index in [1.54, 1.807) is 11.3 Å². The van der Waals surface area contributed by atoms with E-state index in [2.05, 4.69) is 23.9 Å². The minimum atomic E-state index is -3.20. The summed E-state index contributed by atoms with van der Waals surface area (Å²) in [6, 6.07) is 3.88. The van der Waals surface area contributed by atoms with Crippen LogP contribution >= 0.6 is 11.3 Å². The van der Waals surface area contributed by atoms with E-state index in [0.717, 1.165) is 37.2 Å². The van der Waals surface area contributed by atoms with Gasteiger partial charge in [0.15, 0.2) is 0 Å². The van der Waals surface area contributed by atoms with Gasteiger partial charge in [-0.3, -0.25) is 0 Å². The number of sulfonamides is 1. The fourth-order valence-corrected chi connectivity index (χ4v) is 4.21. The Morgan fingerprint density at radius 2 is 2.05 bits per heavy atom. The third kappa shape index (κ3) is 6.83. The SMILES string of the molecule is CCCNCCCS(=O)(=O)NC(CCC)c1cccs1. The quantitative estimate of drug-likeness (QED) is 0.617. The van der Waals surface area contributed by atoms with Crippen LogP contribution < -0.4 is 10.0 Å². The van der Waals surface area contributed by atoms with Crippen molar-refractivity contribution in [1.29, 1.82) is 0 Å². The molecule has 1 rings (SSSR count). The normalized spacial score (nSPS) is 13.5. The third-order valence-corrected chi connectivity index (χ3v) is 5.43. The van der Waals surface area contributed by atoms with E-state index in [1.807, 2.05) is 17.5 Å². The molecule has 0 saturated heterocycles. The highest BCUT2D eigenvalue weighted by molar-refractivity contribution is 7.89. The molecule has 0 aliphatic rings. The summed E-state index contributed by atoms with van der Waals surface area (Å²) in [4.78, 5) is 1.10. The van der Waals surface area contributed by atoms with Crippen molar-refractivity contribution < 1.29 is 8.42 Å². The van der Waals surface area contributed by atoms with E-state index in [1.165, 1.54) is 0 Å². The van der Waals surface area contributed by atoms with E-state index in [-0.39, 0.29) is 11.8 Å². The van der Waals surface area contributed by atoms with Gasteiger partial charge in [-0.2, -0.15) is 0 Å². The zero-order chi connectivity index (χ0) is 14.8. The van der Waals surface area contributed by atoms with Crippen LogP contribution in [0, 0.1) is 0 Å². The third-order valence-electron chi connectivity index (χ3n) is 2.98. The molecular weight excluding hydrogens is 292 g/mol. The van der Waals surface area contributed by atoms with Crippen molar-refractivity contribution in [2.45, 2.75) is 45.6 Å². The molecule has 4 nitrogen and oxygen atoms in total. The van der Waals surface area contributed by atoms with Crippen molar-refractivity contribution in [1.82, 2.24) is 10.0 Å². The molecule has 0 aromatic carbocycles. The van der Waals surface area contributed by atoms with Crippen LogP contribution in [0.15, 0.2) is 17.5 Å². The van der Waals surface area contributed by atoms with Crippen molar-refractivity contribution in [3.63, 3.8) is 0 Å². The van der Waals surface area contributed by atoms with Gasteiger partial charge in [0, 0.05) is 4.88 Å². The lowest BCUT2D eigenvalue weighted by atomic mass is 10.1. The predicted octanol–water partition coefficient (Wildman–Crippen LogP) is 2.90. The number of hydrogen-bond acceptors (Lipinski definition) is 4. The predicted molar refractivity (Wildman–Crippen MR) is 86.7 cm³/mol. The smallest absolute Gasteiger partial charge is 0.212 e. The Balaban J connectivity index is 2.45. The number of thiophene rings is 1. The van der Waals surface area contributed by atoms with Gasteiger partial charge in [-0.25, -0.2) is 13.1 Å². The molecule has 2 N–H and O–H groups in total. The van der Waals surface area contributed by atoms with Gasteiger partial charge in [0.25, 0.3) is 0 Å². The van der Waals surface area contributed by atoms with Crippen LogP contribution in [-0.2, 0) is 10.0 Å². The zero-order valence-electron chi connectivity index (χ0n) is 12.4. The van der Waals surface area contributed by atoms with Gasteiger partial charge in [-0.15, -0.1) is 11.3 Å². The Kier molecular flexibility index (Phi) is 8.37. The van der Waals surface area contributed by atoms with Gasteiger partial charge in [-0.05, 0) is 43.8 Å². The molecule has 0 aliphatic carbocycles. The van der Waals surface area contributed by atoms with Crippen LogP contribution in [-0.4, -0.2) is 27.3 Å². The summed E-state index contributed by atoms with van der Waals surface area (Å²) >= 11 is 1.61. The average molecular weight is 319 g/mol. The maximum Gasteiger partial charge on any atom is 0.212 e. The summed E-state index contributed by atoms with van der Waals surface area (Å²) in [7, 11) is -3.20. The summed E-state index contributed by atoms with van der Waals surface area (Å²) in [5, 5.41) is 5.21. The van der Waals surface area contributed by atoms with E-state index < -0.39 is 10.0 Å². The largest absolute Gasteiger partial charge is 0.317 e. The van der Waals surface area contributed by atoms with Gasteiger partial charge in [0.2, 0.25) is 10.0 Å². The zero-order valence-corrected chi connectivity index (χ0v) is 14.0. The molecule has 0 radical (unpaired) electrons. The molecule has 20 heavy (non-hydrogen) atoms. The summed E-state index contributed by atoms with van der Waals surface area (Å²) in [5.41, 5.74) is 0. The van der Waals surface area contributed by atoms with E-state index >= 15 is 0 Å². The minimum Gasteiger partial charge on any atom is -0.317 e. The fourth-order valence-electron chi connectivity index (χ4n) is 2.00. The summed E-state index contributed by atoms with van der Waals surface area (Å²) in [6.07, 6.45) is 3.53. The fraction of sp³-hybridized carbons (Fsp3) is 0.714. The molecule has 0 fully saturated rings. The van der Waals surface area contributed by atoms with Crippen molar-refractivity contribution >= 4 is 21.4 Å². The Labute approximate surface area is 127 Å². The number of nitrogens with one attached hydrogen (secondary N) is 2. The van der Waals surface area contributed by atoms with E-state index in [9.17, 15) is 8.42 Å². The van der Waals surface area contributed by atoms with Crippen LogP contribution in [0.4, 0.5) is 0 Å². The number of rotatable bonds is 11. The van der Waals surface area contributed by atoms with Gasteiger partial charge in [-0.1, -0.05) is 26.3 Å². The molecule has 6 heteroatoms. The molecule has 1 aromatic heterocycles. The maximum absolute atomic E-state index is 12.1. The lowest BCUT2D eigenvalue weighted by Crippen LogP contribution is -2.31. The molecule has 0 saturated carbocycles. The van der Waals surface area contributed by atoms with Crippen LogP contribution in [0.2, 0.25) is 0 Å². The first-order chi connectivity index (χ1) is 9.59. The minimum absolute atomic E-state index is 0.0754. The Morgan fingerprint density at radius 3 is 2.65 bits per heavy atom. The first kappa shape index (κ1) is 17.6. The van der Waals surface area contributed by atoms with Crippen LogP contribution in [0.1, 0.15) is 50.4 Å². The second-order valence-electron chi connectivity index (χ2n) is 4.90. The lowest BCUT2D eigenvalue weighted by molar-refractivity contribution is 0.536. The monoisotopic (exact) mass is 318 g/mol. The van der Waals surface area contributed by atoms with Crippen molar-refractivity contribution in [2.24, 2.45) is 0 Å². The molecule has 1 atom stereocenters. The van der Waals surface area contributed by atoms with Crippen LogP contribution in [0.3, 0.4) is 0 Å². The highest BCUT2D eigenvalue weighted by Crippen LogP contribution is 2.24. The average Bonchev–Trinajstić information content (AvgIpc) is 2.91. The summed E-state index contributed by atoms with van der Waals surface area (Å²) in [5.74, 6) is 0.190. The van der Waals surface area contributed by atoms with Crippen molar-refractivity contribution in [3.05, 3.63) is 22.4 Å². The molecule has 116 valence electrons. The first-order valence-corrected chi connectivity index (χ1v) is 9.86. The van der Waals surface area contributed by atoms with Gasteiger partial charge >= 0.3 is 0 Å². The molecule has 1 aromatic rings. The Bertz CT molecular complexity index is 444. The van der Waals surface area contributed by atoms with Crippen LogP contribution in [0.25, 0.3) is 0 Å². The van der Waals surface area contributed by atoms with Gasteiger partial charge in [0.05, 0.1) is 11.8 Å². The molecule has 1 unspecified atom stereocenters. The molecular formula is C14H26N2O2S2. The van der Waals surface area contributed by atoms with Gasteiger partial charge in [0.1, 0.15) is 0 Å². The first-order valence-electron chi connectivity index (χ1n) is 7.33. The molecule has 0 aliphatic heterocycles. The maximum atomic E-state index is 12.1. The highest BCUT2D eigenvalue weighted by atomic mass is 32.2. The molecule has 0 spiro atoms. The van der Waals surface area contributed by atoms with E-state index in [4.69, 9.17) is 0 Å². The summed E-state index contributed by atoms with van der Waals surface area (Å²) < 4.78 is 27.1. The number of hydrogen-bond donors (Lipinski definition) is 2. The van der Waals surface area contributed by atoms with Crippen LogP contribution in [0.5, 0.6) is 0 Å². The molecule has 0 bridgehead atoms. The van der Waals surface area contributed by atoms with Crippen molar-refractivity contribution in [3.8, 4) is 0 Å². The highest BCUT2D eigenvalue weighted by Gasteiger charge is 2.19. The molecule has 1 heterocycles. The summed E-state index contributed by atoms with van der Waals surface area (Å²) in [6.45, 7) is 5.87. The van der Waals surface area contributed by atoms with Crippen molar-refractivity contribution in [2.75, 3.05) is 18.8 Å². The standard InChI is InChI=1S/C14H26N2O2S2/c1-3-7-13(14-8-5-11-19-14)16-20(17,18)12-6-10-15-9-4-2/h5,8,11,13,15-16H,3-4,6-7,9-10,12H2,1-2H3. The second-order valence-corrected chi connectivity index (χ2v) is 7.75. The molecule has 0 amide bonds. The Morgan fingerprint density at radius 1 is 1.25 bits per heavy atom. The van der Waals surface area contributed by atoms with Gasteiger partial charge < -0.3 is 5.32 Å². The lowest BCUT2D eigenvalue weighted by Gasteiger charge is -2.17. The topological polar surface area (TPSA) is 58.2 Å². The van der Waals surface area contributed by atoms with E-state index in [0.29, 0.717) is 6.42 Å². The second kappa shape index (κ2) is 9.50.